The Hall–Kier alpha value is -1.88. The van der Waals surface area contributed by atoms with Crippen molar-refractivity contribution in [3.05, 3.63) is 58.6 Å². The fraction of sp³-hybridized carbons (Fsp3) is 0.143. The van der Waals surface area contributed by atoms with Gasteiger partial charge in [-0.3, -0.25) is 0 Å². The zero-order chi connectivity index (χ0) is 14.8. The molecule has 0 fully saturated rings. The molecule has 2 aromatic rings. The maximum Gasteiger partial charge on any atom is 0.416 e. The minimum Gasteiger partial charge on any atom is -0.397 e. The first-order valence-electron chi connectivity index (χ1n) is 5.81. The third-order valence-electron chi connectivity index (χ3n) is 2.75. The molecule has 2 aromatic carbocycles. The predicted molar refractivity (Wildman–Crippen MR) is 74.6 cm³/mol. The Morgan fingerprint density at radius 2 is 1.85 bits per heavy atom. The Labute approximate surface area is 119 Å². The van der Waals surface area contributed by atoms with Crippen molar-refractivity contribution in [1.82, 2.24) is 0 Å². The van der Waals surface area contributed by atoms with Crippen LogP contribution in [0.25, 0.3) is 0 Å². The lowest BCUT2D eigenvalue weighted by Gasteiger charge is -2.11. The zero-order valence-corrected chi connectivity index (χ0v) is 11.1. The second-order valence-corrected chi connectivity index (χ2v) is 4.72. The first-order chi connectivity index (χ1) is 9.36. The monoisotopic (exact) mass is 300 g/mol. The van der Waals surface area contributed by atoms with E-state index in [0.717, 1.165) is 12.1 Å². The molecular weight excluding hydrogens is 289 g/mol. The Morgan fingerprint density at radius 1 is 1.10 bits per heavy atom. The van der Waals surface area contributed by atoms with Crippen molar-refractivity contribution >= 4 is 23.0 Å². The molecule has 0 spiro atoms. The number of nitrogens with two attached hydrogens (primary N) is 1. The van der Waals surface area contributed by atoms with Crippen LogP contribution in [-0.4, -0.2) is 0 Å². The molecule has 0 amide bonds. The maximum absolute atomic E-state index is 12.6. The Kier molecular flexibility index (Phi) is 4.09. The van der Waals surface area contributed by atoms with E-state index in [0.29, 0.717) is 22.0 Å². The van der Waals surface area contributed by atoms with E-state index in [-0.39, 0.29) is 6.54 Å². The highest BCUT2D eigenvalue weighted by molar-refractivity contribution is 6.31. The van der Waals surface area contributed by atoms with Crippen LogP contribution in [0.1, 0.15) is 11.1 Å². The van der Waals surface area contributed by atoms with Crippen LogP contribution in [0, 0.1) is 0 Å². The number of halogens is 4. The summed E-state index contributed by atoms with van der Waals surface area (Å²) in [5, 5.41) is 3.49. The lowest BCUT2D eigenvalue weighted by Crippen LogP contribution is -2.07. The number of nitrogens with one attached hydrogen (secondary N) is 1. The van der Waals surface area contributed by atoms with E-state index < -0.39 is 11.7 Å². The lowest BCUT2D eigenvalue weighted by molar-refractivity contribution is -0.137. The molecule has 0 atom stereocenters. The summed E-state index contributed by atoms with van der Waals surface area (Å²) in [5.41, 5.74) is 6.69. The molecule has 0 aliphatic carbocycles. The lowest BCUT2D eigenvalue weighted by atomic mass is 10.1. The first-order valence-corrected chi connectivity index (χ1v) is 6.19. The summed E-state index contributed by atoms with van der Waals surface area (Å²) < 4.78 is 37.8. The SMILES string of the molecule is Nc1cc(Cl)ccc1NCc1cccc(C(F)(F)F)c1. The van der Waals surface area contributed by atoms with Gasteiger partial charge in [-0.25, -0.2) is 0 Å². The van der Waals surface area contributed by atoms with Gasteiger partial charge in [0.05, 0.1) is 16.9 Å². The average Bonchev–Trinajstić information content (AvgIpc) is 2.37. The summed E-state index contributed by atoms with van der Waals surface area (Å²) >= 11 is 5.77. The fourth-order valence-corrected chi connectivity index (χ4v) is 1.93. The number of hydrogen-bond acceptors (Lipinski definition) is 2. The van der Waals surface area contributed by atoms with Crippen LogP contribution in [0.2, 0.25) is 5.02 Å². The van der Waals surface area contributed by atoms with E-state index in [2.05, 4.69) is 5.32 Å². The van der Waals surface area contributed by atoms with Gasteiger partial charge in [0.1, 0.15) is 0 Å². The summed E-state index contributed by atoms with van der Waals surface area (Å²) in [5.74, 6) is 0. The molecule has 0 aliphatic rings. The van der Waals surface area contributed by atoms with E-state index in [1.807, 2.05) is 0 Å². The molecule has 0 bridgehead atoms. The fourth-order valence-electron chi connectivity index (χ4n) is 1.75. The summed E-state index contributed by atoms with van der Waals surface area (Å²) in [7, 11) is 0. The van der Waals surface area contributed by atoms with Gasteiger partial charge in [-0.15, -0.1) is 0 Å². The van der Waals surface area contributed by atoms with Crippen LogP contribution >= 0.6 is 11.6 Å². The van der Waals surface area contributed by atoms with Crippen LogP contribution in [0.15, 0.2) is 42.5 Å². The normalized spacial score (nSPS) is 11.4. The van der Waals surface area contributed by atoms with Crippen LogP contribution in [0.4, 0.5) is 24.5 Å². The molecule has 3 N–H and O–H groups in total. The van der Waals surface area contributed by atoms with Crippen molar-refractivity contribution in [3.8, 4) is 0 Å². The number of hydrogen-bond donors (Lipinski definition) is 2. The summed E-state index contributed by atoms with van der Waals surface area (Å²) in [6, 6.07) is 10.1. The molecule has 6 heteroatoms. The third-order valence-corrected chi connectivity index (χ3v) is 2.99. The Balaban J connectivity index is 2.11. The molecule has 0 unspecified atom stereocenters. The number of nitrogen functional groups attached to an aromatic ring is 1. The van der Waals surface area contributed by atoms with E-state index in [1.165, 1.54) is 6.07 Å². The predicted octanol–water partition coefficient (Wildman–Crippen LogP) is 4.55. The number of benzene rings is 2. The average molecular weight is 301 g/mol. The smallest absolute Gasteiger partial charge is 0.397 e. The maximum atomic E-state index is 12.6. The van der Waals surface area contributed by atoms with E-state index in [9.17, 15) is 13.2 Å². The summed E-state index contributed by atoms with van der Waals surface area (Å²) in [6.45, 7) is 0.246. The van der Waals surface area contributed by atoms with E-state index in [4.69, 9.17) is 17.3 Å². The van der Waals surface area contributed by atoms with Gasteiger partial charge in [0.15, 0.2) is 0 Å². The first kappa shape index (κ1) is 14.5. The topological polar surface area (TPSA) is 38.0 Å². The minimum atomic E-state index is -4.34. The van der Waals surface area contributed by atoms with Crippen molar-refractivity contribution in [2.24, 2.45) is 0 Å². The van der Waals surface area contributed by atoms with Crippen molar-refractivity contribution in [1.29, 1.82) is 0 Å². The van der Waals surface area contributed by atoms with Crippen LogP contribution in [-0.2, 0) is 12.7 Å². The van der Waals surface area contributed by atoms with Gasteiger partial charge in [-0.2, -0.15) is 13.2 Å². The van der Waals surface area contributed by atoms with Crippen LogP contribution in [0.3, 0.4) is 0 Å². The molecule has 2 nitrogen and oxygen atoms in total. The highest BCUT2D eigenvalue weighted by Crippen LogP contribution is 2.30. The summed E-state index contributed by atoms with van der Waals surface area (Å²) in [6.07, 6.45) is -4.34. The number of anilines is 2. The third kappa shape index (κ3) is 3.57. The van der Waals surface area contributed by atoms with Gasteiger partial charge in [-0.05, 0) is 35.9 Å². The molecule has 2 rings (SSSR count). The Morgan fingerprint density at radius 3 is 2.50 bits per heavy atom. The van der Waals surface area contributed by atoms with Gasteiger partial charge in [0.25, 0.3) is 0 Å². The van der Waals surface area contributed by atoms with Crippen LogP contribution < -0.4 is 11.1 Å². The molecule has 0 aliphatic heterocycles. The minimum absolute atomic E-state index is 0.246. The summed E-state index contributed by atoms with van der Waals surface area (Å²) in [4.78, 5) is 0. The molecule has 0 saturated heterocycles. The number of rotatable bonds is 3. The van der Waals surface area contributed by atoms with Crippen molar-refractivity contribution in [3.63, 3.8) is 0 Å². The standard InChI is InChI=1S/C14H12ClF3N2/c15-11-4-5-13(12(19)7-11)20-8-9-2-1-3-10(6-9)14(16,17)18/h1-7,20H,8,19H2. The van der Waals surface area contributed by atoms with E-state index >= 15 is 0 Å². The van der Waals surface area contributed by atoms with Crippen LogP contribution in [0.5, 0.6) is 0 Å². The van der Waals surface area contributed by atoms with E-state index in [1.54, 1.807) is 24.3 Å². The van der Waals surface area contributed by atoms with Gasteiger partial charge < -0.3 is 11.1 Å². The van der Waals surface area contributed by atoms with Gasteiger partial charge in [0.2, 0.25) is 0 Å². The molecule has 20 heavy (non-hydrogen) atoms. The van der Waals surface area contributed by atoms with Crippen molar-refractivity contribution in [2.75, 3.05) is 11.1 Å². The quantitative estimate of drug-likeness (QED) is 0.816. The molecule has 106 valence electrons. The molecule has 0 saturated carbocycles. The Bertz CT molecular complexity index is 612. The highest BCUT2D eigenvalue weighted by atomic mass is 35.5. The number of alkyl halides is 3. The second kappa shape index (κ2) is 5.63. The van der Waals surface area contributed by atoms with Gasteiger partial charge in [-0.1, -0.05) is 23.7 Å². The second-order valence-electron chi connectivity index (χ2n) is 4.28. The molecule has 0 radical (unpaired) electrons. The van der Waals surface area contributed by atoms with Gasteiger partial charge >= 0.3 is 6.18 Å². The van der Waals surface area contributed by atoms with Crippen molar-refractivity contribution < 1.29 is 13.2 Å². The molecule has 0 heterocycles. The molecule has 0 aromatic heterocycles. The largest absolute Gasteiger partial charge is 0.416 e. The highest BCUT2D eigenvalue weighted by Gasteiger charge is 2.30. The van der Waals surface area contributed by atoms with Gasteiger partial charge in [0, 0.05) is 11.6 Å². The zero-order valence-electron chi connectivity index (χ0n) is 10.3. The molecular formula is C14H12ClF3N2. The van der Waals surface area contributed by atoms with Crippen molar-refractivity contribution in [2.45, 2.75) is 12.7 Å².